The van der Waals surface area contributed by atoms with Crippen molar-refractivity contribution in [3.63, 3.8) is 0 Å². The quantitative estimate of drug-likeness (QED) is 0.169. The van der Waals surface area contributed by atoms with Gasteiger partial charge in [-0.05, 0) is 60.7 Å². The molecule has 9 heteroatoms. The number of aliphatic hydroxyl groups is 1. The van der Waals surface area contributed by atoms with Crippen LogP contribution in [0.3, 0.4) is 0 Å². The minimum absolute atomic E-state index is 0.0248. The summed E-state index contributed by atoms with van der Waals surface area (Å²) in [6.07, 6.45) is 1.82. The molecule has 3 aromatic rings. The number of aliphatic hydroxyl groups excluding tert-OH is 1. The highest BCUT2D eigenvalue weighted by atomic mass is 35.5. The van der Waals surface area contributed by atoms with E-state index >= 15 is 0 Å². The number of carboxylic acid groups (broad SMARTS) is 2. The lowest BCUT2D eigenvalue weighted by Crippen LogP contribution is -2.33. The molecule has 0 aliphatic heterocycles. The van der Waals surface area contributed by atoms with Crippen molar-refractivity contribution in [1.82, 2.24) is 5.32 Å². The Bertz CT molecular complexity index is 1110. The summed E-state index contributed by atoms with van der Waals surface area (Å²) in [5.41, 5.74) is 3.58. The van der Waals surface area contributed by atoms with Crippen LogP contribution in [0.4, 0.5) is 0 Å². The minimum atomic E-state index is -1.82. The minimum Gasteiger partial charge on any atom is -0.491 e. The van der Waals surface area contributed by atoms with Gasteiger partial charge in [-0.25, -0.2) is 9.59 Å². The molecule has 0 aliphatic rings. The van der Waals surface area contributed by atoms with Gasteiger partial charge in [0.15, 0.2) is 0 Å². The Labute approximate surface area is 234 Å². The van der Waals surface area contributed by atoms with Gasteiger partial charge in [-0.1, -0.05) is 66.2 Å². The van der Waals surface area contributed by atoms with Crippen molar-refractivity contribution >= 4 is 23.5 Å². The van der Waals surface area contributed by atoms with Gasteiger partial charge in [0.1, 0.15) is 12.4 Å². The number of ether oxygens (including phenoxy) is 2. The number of carboxylic acids is 2. The summed E-state index contributed by atoms with van der Waals surface area (Å²) in [5.74, 6) is -2.77. The molecule has 0 aromatic heterocycles. The molecule has 0 saturated heterocycles. The van der Waals surface area contributed by atoms with E-state index in [0.717, 1.165) is 24.2 Å². The topological polar surface area (TPSA) is 125 Å². The van der Waals surface area contributed by atoms with E-state index in [-0.39, 0.29) is 18.6 Å². The van der Waals surface area contributed by atoms with Crippen molar-refractivity contribution in [3.05, 3.63) is 101 Å². The van der Waals surface area contributed by atoms with Crippen LogP contribution in [0.25, 0.3) is 0 Å². The molecule has 3 aromatic carbocycles. The first-order valence-electron chi connectivity index (χ1n) is 12.7. The van der Waals surface area contributed by atoms with Crippen molar-refractivity contribution in [2.24, 2.45) is 0 Å². The Kier molecular flexibility index (Phi) is 14.6. The van der Waals surface area contributed by atoms with E-state index in [2.05, 4.69) is 36.5 Å². The second-order valence-corrected chi connectivity index (χ2v) is 9.34. The number of benzene rings is 3. The molecule has 0 fully saturated rings. The van der Waals surface area contributed by atoms with E-state index in [1.54, 1.807) is 0 Å². The standard InChI is InChI=1S/C28H34ClNO3.C2H2O4/c1-22(30-20-26(21-31)25-8-5-9-27(29)19-25)18-24-10-12-28(13-11-24)33-17-16-32-15-14-23-6-3-2-4-7-23;3-1(4)2(5)6/h2-13,19,22,26,30-31H,14-18,20-21H2,1H3;(H,3,4)(H,5,6)/t22-,26?;/m1./s1. The van der Waals surface area contributed by atoms with Crippen LogP contribution in [0, 0.1) is 0 Å². The van der Waals surface area contributed by atoms with Crippen molar-refractivity contribution in [1.29, 1.82) is 0 Å². The predicted molar refractivity (Wildman–Crippen MR) is 151 cm³/mol. The predicted octanol–water partition coefficient (Wildman–Crippen LogP) is 4.43. The fourth-order valence-electron chi connectivity index (χ4n) is 3.69. The van der Waals surface area contributed by atoms with Gasteiger partial charge in [-0.2, -0.15) is 0 Å². The first-order valence-corrected chi connectivity index (χ1v) is 13.1. The summed E-state index contributed by atoms with van der Waals surface area (Å²) in [6.45, 7) is 4.76. The smallest absolute Gasteiger partial charge is 0.414 e. The zero-order valence-corrected chi connectivity index (χ0v) is 22.7. The van der Waals surface area contributed by atoms with Gasteiger partial charge in [0.25, 0.3) is 0 Å². The van der Waals surface area contributed by atoms with Crippen LogP contribution in [-0.4, -0.2) is 66.3 Å². The van der Waals surface area contributed by atoms with Gasteiger partial charge in [0, 0.05) is 23.5 Å². The molecule has 210 valence electrons. The van der Waals surface area contributed by atoms with E-state index in [1.165, 1.54) is 11.1 Å². The SMILES string of the molecule is C[C@H](Cc1ccc(OCCOCCc2ccccc2)cc1)NCC(CO)c1cccc(Cl)c1.O=C(O)C(=O)O. The summed E-state index contributed by atoms with van der Waals surface area (Å²) in [5, 5.41) is 28.8. The lowest BCUT2D eigenvalue weighted by atomic mass is 9.99. The fraction of sp³-hybridized carbons (Fsp3) is 0.333. The van der Waals surface area contributed by atoms with Gasteiger partial charge in [-0.3, -0.25) is 0 Å². The number of aliphatic carboxylic acids is 2. The van der Waals surface area contributed by atoms with E-state index in [0.29, 0.717) is 31.4 Å². The molecule has 0 saturated carbocycles. The molecule has 3 rings (SSSR count). The lowest BCUT2D eigenvalue weighted by molar-refractivity contribution is -0.159. The molecule has 39 heavy (non-hydrogen) atoms. The number of hydrogen-bond acceptors (Lipinski definition) is 6. The van der Waals surface area contributed by atoms with E-state index in [9.17, 15) is 5.11 Å². The maximum atomic E-state index is 9.77. The van der Waals surface area contributed by atoms with Gasteiger partial charge in [0.2, 0.25) is 0 Å². The second-order valence-electron chi connectivity index (χ2n) is 8.90. The summed E-state index contributed by atoms with van der Waals surface area (Å²) in [7, 11) is 0. The lowest BCUT2D eigenvalue weighted by Gasteiger charge is -2.20. The number of rotatable bonds is 14. The Morgan fingerprint density at radius 1 is 0.872 bits per heavy atom. The van der Waals surface area contributed by atoms with Crippen LogP contribution in [-0.2, 0) is 27.2 Å². The Morgan fingerprint density at radius 3 is 2.18 bits per heavy atom. The normalized spacial score (nSPS) is 12.1. The maximum absolute atomic E-state index is 9.77. The summed E-state index contributed by atoms with van der Waals surface area (Å²) in [6, 6.07) is 26.5. The third kappa shape index (κ3) is 13.3. The number of halogens is 1. The Hall–Kier alpha value is -3.43. The summed E-state index contributed by atoms with van der Waals surface area (Å²) < 4.78 is 11.5. The first kappa shape index (κ1) is 31.8. The molecular formula is C30H36ClNO7. The molecule has 0 spiro atoms. The average molecular weight is 558 g/mol. The molecule has 2 atom stereocenters. The van der Waals surface area contributed by atoms with Crippen LogP contribution in [0.2, 0.25) is 5.02 Å². The zero-order valence-electron chi connectivity index (χ0n) is 22.0. The highest BCUT2D eigenvalue weighted by Gasteiger charge is 2.13. The van der Waals surface area contributed by atoms with E-state index < -0.39 is 11.9 Å². The molecule has 0 aliphatic carbocycles. The second kappa shape index (κ2) is 18.0. The third-order valence-corrected chi connectivity index (χ3v) is 6.01. The van der Waals surface area contributed by atoms with E-state index in [4.69, 9.17) is 40.9 Å². The van der Waals surface area contributed by atoms with Gasteiger partial charge < -0.3 is 30.1 Å². The number of hydrogen-bond donors (Lipinski definition) is 4. The van der Waals surface area contributed by atoms with Crippen molar-refractivity contribution < 1.29 is 34.4 Å². The highest BCUT2D eigenvalue weighted by molar-refractivity contribution is 6.30. The van der Waals surface area contributed by atoms with Crippen molar-refractivity contribution in [3.8, 4) is 5.75 Å². The maximum Gasteiger partial charge on any atom is 0.414 e. The molecule has 4 N–H and O–H groups in total. The van der Waals surface area contributed by atoms with E-state index in [1.807, 2.05) is 54.6 Å². The average Bonchev–Trinajstić information content (AvgIpc) is 2.93. The van der Waals surface area contributed by atoms with Crippen molar-refractivity contribution in [2.75, 3.05) is 33.0 Å². The van der Waals surface area contributed by atoms with Crippen LogP contribution >= 0.6 is 11.6 Å². The molecule has 1 unspecified atom stereocenters. The van der Waals surface area contributed by atoms with Crippen LogP contribution in [0.15, 0.2) is 78.9 Å². The van der Waals surface area contributed by atoms with Gasteiger partial charge >= 0.3 is 11.9 Å². The number of carbonyl (C=O) groups is 2. The summed E-state index contributed by atoms with van der Waals surface area (Å²) >= 11 is 6.09. The fourth-order valence-corrected chi connectivity index (χ4v) is 3.89. The summed E-state index contributed by atoms with van der Waals surface area (Å²) in [4.78, 5) is 18.2. The molecule has 8 nitrogen and oxygen atoms in total. The molecule has 0 radical (unpaired) electrons. The van der Waals surface area contributed by atoms with Crippen LogP contribution in [0.5, 0.6) is 5.75 Å². The monoisotopic (exact) mass is 557 g/mol. The third-order valence-electron chi connectivity index (χ3n) is 5.78. The molecule has 0 amide bonds. The molecule has 0 bridgehead atoms. The van der Waals surface area contributed by atoms with Crippen molar-refractivity contribution in [2.45, 2.75) is 31.7 Å². The molecule has 0 heterocycles. The van der Waals surface area contributed by atoms with Gasteiger partial charge in [0.05, 0.1) is 19.8 Å². The van der Waals surface area contributed by atoms with Gasteiger partial charge in [-0.15, -0.1) is 0 Å². The largest absolute Gasteiger partial charge is 0.491 e. The Morgan fingerprint density at radius 2 is 1.56 bits per heavy atom. The molecular weight excluding hydrogens is 522 g/mol. The Balaban J connectivity index is 0.000000798. The number of nitrogens with one attached hydrogen (secondary N) is 1. The van der Waals surface area contributed by atoms with Crippen LogP contribution < -0.4 is 10.1 Å². The highest BCUT2D eigenvalue weighted by Crippen LogP contribution is 2.19. The van der Waals surface area contributed by atoms with Crippen LogP contribution in [0.1, 0.15) is 29.5 Å². The first-order chi connectivity index (χ1) is 18.8. The zero-order chi connectivity index (χ0) is 28.5.